The first-order chi connectivity index (χ1) is 11.7. The van der Waals surface area contributed by atoms with E-state index in [2.05, 4.69) is 46.7 Å². The van der Waals surface area contributed by atoms with E-state index in [1.807, 2.05) is 0 Å². The van der Waals surface area contributed by atoms with E-state index in [-0.39, 0.29) is 11.9 Å². The highest BCUT2D eigenvalue weighted by atomic mass is 16.5. The lowest BCUT2D eigenvalue weighted by molar-refractivity contribution is -0.126. The largest absolute Gasteiger partial charge is 0.378 e. The molecule has 2 saturated heterocycles. The van der Waals surface area contributed by atoms with Gasteiger partial charge < -0.3 is 15.4 Å². The zero-order chi connectivity index (χ0) is 16.8. The van der Waals surface area contributed by atoms with Crippen molar-refractivity contribution >= 4 is 5.91 Å². The molecule has 132 valence electrons. The second-order valence-electron chi connectivity index (χ2n) is 7.07. The van der Waals surface area contributed by atoms with Crippen LogP contribution in [0.5, 0.6) is 0 Å². The average Bonchev–Trinajstić information content (AvgIpc) is 2.63. The van der Waals surface area contributed by atoms with Crippen molar-refractivity contribution in [3.63, 3.8) is 0 Å². The lowest BCUT2D eigenvalue weighted by Crippen LogP contribution is -2.51. The van der Waals surface area contributed by atoms with E-state index in [4.69, 9.17) is 4.74 Å². The van der Waals surface area contributed by atoms with Crippen molar-refractivity contribution in [2.24, 2.45) is 5.92 Å². The summed E-state index contributed by atoms with van der Waals surface area (Å²) < 4.78 is 5.32. The minimum absolute atomic E-state index is 0.0150. The fraction of sp³-hybridized carbons (Fsp3) is 0.632. The SMILES string of the molecule is CC1CCN(Cc2ccc(CNC(=O)C3COCCN3)cc2)CC1. The standard InChI is InChI=1S/C19H29N3O2/c1-15-6-9-22(10-7-15)13-17-4-2-16(3-5-17)12-21-19(23)18-14-24-11-8-20-18/h2-5,15,18,20H,6-14H2,1H3,(H,21,23). The monoisotopic (exact) mass is 331 g/mol. The van der Waals surface area contributed by atoms with Gasteiger partial charge in [0.05, 0.1) is 13.2 Å². The Kier molecular flexibility index (Phi) is 6.24. The number of carbonyl (C=O) groups is 1. The quantitative estimate of drug-likeness (QED) is 0.859. The summed E-state index contributed by atoms with van der Waals surface area (Å²) in [5.41, 5.74) is 2.48. The molecule has 24 heavy (non-hydrogen) atoms. The summed E-state index contributed by atoms with van der Waals surface area (Å²) in [6.07, 6.45) is 2.62. The summed E-state index contributed by atoms with van der Waals surface area (Å²) in [5, 5.41) is 6.15. The van der Waals surface area contributed by atoms with E-state index >= 15 is 0 Å². The molecule has 5 nitrogen and oxygen atoms in total. The minimum atomic E-state index is -0.223. The van der Waals surface area contributed by atoms with Gasteiger partial charge in [0, 0.05) is 19.6 Å². The lowest BCUT2D eigenvalue weighted by atomic mass is 9.99. The number of amides is 1. The highest BCUT2D eigenvalue weighted by molar-refractivity contribution is 5.81. The van der Waals surface area contributed by atoms with Gasteiger partial charge in [-0.05, 0) is 43.0 Å². The molecule has 1 unspecified atom stereocenters. The molecule has 5 heteroatoms. The van der Waals surface area contributed by atoms with Crippen LogP contribution >= 0.6 is 0 Å². The van der Waals surface area contributed by atoms with Gasteiger partial charge in [0.15, 0.2) is 0 Å². The number of hydrogen-bond donors (Lipinski definition) is 2. The molecular formula is C19H29N3O2. The third-order valence-electron chi connectivity index (χ3n) is 5.01. The van der Waals surface area contributed by atoms with E-state index in [1.54, 1.807) is 0 Å². The number of ether oxygens (including phenoxy) is 1. The van der Waals surface area contributed by atoms with Gasteiger partial charge >= 0.3 is 0 Å². The molecule has 0 saturated carbocycles. The summed E-state index contributed by atoms with van der Waals surface area (Å²) in [6.45, 7) is 8.23. The van der Waals surface area contributed by atoms with Gasteiger partial charge in [-0.25, -0.2) is 0 Å². The Hall–Kier alpha value is -1.43. The van der Waals surface area contributed by atoms with E-state index in [0.29, 0.717) is 19.8 Å². The van der Waals surface area contributed by atoms with E-state index in [1.165, 1.54) is 31.5 Å². The van der Waals surface area contributed by atoms with Crippen LogP contribution in [-0.2, 0) is 22.6 Å². The summed E-state index contributed by atoms with van der Waals surface area (Å²) >= 11 is 0. The third kappa shape index (κ3) is 5.03. The molecule has 3 rings (SSSR count). The molecule has 2 aliphatic heterocycles. The van der Waals surface area contributed by atoms with Crippen LogP contribution in [-0.4, -0.2) is 49.7 Å². The number of carbonyl (C=O) groups excluding carboxylic acids is 1. The van der Waals surface area contributed by atoms with Crippen LogP contribution < -0.4 is 10.6 Å². The zero-order valence-corrected chi connectivity index (χ0v) is 14.6. The Morgan fingerprint density at radius 1 is 1.25 bits per heavy atom. The molecular weight excluding hydrogens is 302 g/mol. The molecule has 1 atom stereocenters. The predicted molar refractivity (Wildman–Crippen MR) is 94.6 cm³/mol. The molecule has 0 aliphatic carbocycles. The molecule has 1 aromatic rings. The van der Waals surface area contributed by atoms with Crippen molar-refractivity contribution in [2.75, 3.05) is 32.8 Å². The van der Waals surface area contributed by atoms with E-state index in [0.717, 1.165) is 24.6 Å². The topological polar surface area (TPSA) is 53.6 Å². The number of nitrogens with zero attached hydrogens (tertiary/aromatic N) is 1. The average molecular weight is 331 g/mol. The van der Waals surface area contributed by atoms with Gasteiger partial charge in [-0.15, -0.1) is 0 Å². The predicted octanol–water partition coefficient (Wildman–Crippen LogP) is 1.52. The van der Waals surface area contributed by atoms with Gasteiger partial charge in [-0.3, -0.25) is 9.69 Å². The van der Waals surface area contributed by atoms with Crippen LogP contribution in [0.25, 0.3) is 0 Å². The summed E-state index contributed by atoms with van der Waals surface area (Å²) in [7, 11) is 0. The van der Waals surface area contributed by atoms with Crippen LogP contribution in [0.4, 0.5) is 0 Å². The number of morpholine rings is 1. The summed E-state index contributed by atoms with van der Waals surface area (Å²) in [5.74, 6) is 0.887. The zero-order valence-electron chi connectivity index (χ0n) is 14.6. The highest BCUT2D eigenvalue weighted by Gasteiger charge is 2.20. The molecule has 2 heterocycles. The number of hydrogen-bond acceptors (Lipinski definition) is 4. The third-order valence-corrected chi connectivity index (χ3v) is 5.01. The lowest BCUT2D eigenvalue weighted by Gasteiger charge is -2.30. The fourth-order valence-corrected chi connectivity index (χ4v) is 3.29. The first-order valence-electron chi connectivity index (χ1n) is 9.10. The molecule has 2 N–H and O–H groups in total. The number of rotatable bonds is 5. The number of likely N-dealkylation sites (tertiary alicyclic amines) is 1. The van der Waals surface area contributed by atoms with Crippen LogP contribution in [0.1, 0.15) is 30.9 Å². The van der Waals surface area contributed by atoms with Gasteiger partial charge in [0.25, 0.3) is 0 Å². The summed E-state index contributed by atoms with van der Waals surface area (Å²) in [6, 6.07) is 8.38. The minimum Gasteiger partial charge on any atom is -0.378 e. The number of benzene rings is 1. The van der Waals surface area contributed by atoms with Crippen molar-refractivity contribution in [3.8, 4) is 0 Å². The fourth-order valence-electron chi connectivity index (χ4n) is 3.29. The Labute approximate surface area is 144 Å². The second kappa shape index (κ2) is 8.60. The maximum Gasteiger partial charge on any atom is 0.239 e. The number of nitrogens with one attached hydrogen (secondary N) is 2. The number of piperidine rings is 1. The van der Waals surface area contributed by atoms with Gasteiger partial charge in [-0.2, -0.15) is 0 Å². The van der Waals surface area contributed by atoms with Gasteiger partial charge in [0.1, 0.15) is 6.04 Å². The molecule has 1 aromatic carbocycles. The molecule has 2 fully saturated rings. The Balaban J connectivity index is 1.43. The van der Waals surface area contributed by atoms with Crippen molar-refractivity contribution in [1.29, 1.82) is 0 Å². The van der Waals surface area contributed by atoms with Crippen LogP contribution in [0.2, 0.25) is 0 Å². The highest BCUT2D eigenvalue weighted by Crippen LogP contribution is 2.18. The maximum atomic E-state index is 12.1. The normalized spacial score (nSPS) is 23.1. The molecule has 0 aromatic heterocycles. The first-order valence-corrected chi connectivity index (χ1v) is 9.10. The van der Waals surface area contributed by atoms with Crippen LogP contribution in [0.3, 0.4) is 0 Å². The van der Waals surface area contributed by atoms with E-state index < -0.39 is 0 Å². The van der Waals surface area contributed by atoms with Crippen molar-refractivity contribution in [2.45, 2.75) is 38.9 Å². The van der Waals surface area contributed by atoms with Crippen LogP contribution in [0.15, 0.2) is 24.3 Å². The van der Waals surface area contributed by atoms with E-state index in [9.17, 15) is 4.79 Å². The Morgan fingerprint density at radius 2 is 1.96 bits per heavy atom. The molecule has 0 spiro atoms. The van der Waals surface area contributed by atoms with Crippen molar-refractivity contribution in [1.82, 2.24) is 15.5 Å². The Bertz CT molecular complexity index is 518. The molecule has 1 amide bonds. The maximum absolute atomic E-state index is 12.1. The van der Waals surface area contributed by atoms with Crippen molar-refractivity contribution in [3.05, 3.63) is 35.4 Å². The molecule has 0 radical (unpaired) electrons. The van der Waals surface area contributed by atoms with Gasteiger partial charge in [0.2, 0.25) is 5.91 Å². The molecule has 0 bridgehead atoms. The van der Waals surface area contributed by atoms with Crippen LogP contribution in [0, 0.1) is 5.92 Å². The Morgan fingerprint density at radius 3 is 2.62 bits per heavy atom. The summed E-state index contributed by atoms with van der Waals surface area (Å²) in [4.78, 5) is 14.6. The molecule has 2 aliphatic rings. The van der Waals surface area contributed by atoms with Gasteiger partial charge in [-0.1, -0.05) is 31.2 Å². The smallest absolute Gasteiger partial charge is 0.239 e. The van der Waals surface area contributed by atoms with Crippen molar-refractivity contribution < 1.29 is 9.53 Å². The first kappa shape index (κ1) is 17.4. The second-order valence-corrected chi connectivity index (χ2v) is 7.07.